The highest BCUT2D eigenvalue weighted by molar-refractivity contribution is 5.78. The van der Waals surface area contributed by atoms with E-state index in [0.29, 0.717) is 13.2 Å². The van der Waals surface area contributed by atoms with Gasteiger partial charge in [-0.25, -0.2) is 0 Å². The minimum atomic E-state index is 0.185. The Kier molecular flexibility index (Phi) is 4.63. The predicted octanol–water partition coefficient (Wildman–Crippen LogP) is 0.812. The maximum Gasteiger partial charge on any atom is 0.236 e. The topological polar surface area (TPSA) is 58.8 Å². The lowest BCUT2D eigenvalue weighted by atomic mass is 10.3. The standard InChI is InChI=1S/C14H21N3O2/c1-16-7-2-8-17(11-14(16)18)9-10-19-13-5-3-12(15)4-6-13/h3-6H,2,7-11,15H2,1H3. The molecule has 5 nitrogen and oxygen atoms in total. The summed E-state index contributed by atoms with van der Waals surface area (Å²) in [6, 6.07) is 7.35. The van der Waals surface area contributed by atoms with Crippen molar-refractivity contribution in [3.8, 4) is 5.75 Å². The van der Waals surface area contributed by atoms with Gasteiger partial charge in [0.1, 0.15) is 12.4 Å². The van der Waals surface area contributed by atoms with Crippen molar-refractivity contribution in [2.24, 2.45) is 0 Å². The minimum absolute atomic E-state index is 0.185. The molecule has 5 heteroatoms. The molecule has 0 aliphatic carbocycles. The molecule has 0 unspecified atom stereocenters. The summed E-state index contributed by atoms with van der Waals surface area (Å²) in [5, 5.41) is 0. The summed E-state index contributed by atoms with van der Waals surface area (Å²) in [5.41, 5.74) is 6.34. The number of nitrogens with two attached hydrogens (primary N) is 1. The molecule has 1 aliphatic heterocycles. The average molecular weight is 263 g/mol. The predicted molar refractivity (Wildman–Crippen MR) is 75.0 cm³/mol. The monoisotopic (exact) mass is 263 g/mol. The van der Waals surface area contributed by atoms with Crippen molar-refractivity contribution in [3.63, 3.8) is 0 Å². The summed E-state index contributed by atoms with van der Waals surface area (Å²) in [5.74, 6) is 0.998. The van der Waals surface area contributed by atoms with E-state index in [1.807, 2.05) is 31.3 Å². The third kappa shape index (κ3) is 4.13. The van der Waals surface area contributed by atoms with E-state index < -0.39 is 0 Å². The Morgan fingerprint density at radius 2 is 2.00 bits per heavy atom. The number of ether oxygens (including phenoxy) is 1. The van der Waals surface area contributed by atoms with E-state index in [0.717, 1.165) is 37.5 Å². The Bertz CT molecular complexity index is 419. The lowest BCUT2D eigenvalue weighted by Crippen LogP contribution is -2.36. The van der Waals surface area contributed by atoms with Gasteiger partial charge in [-0.05, 0) is 30.7 Å². The van der Waals surface area contributed by atoms with Gasteiger partial charge in [0.15, 0.2) is 0 Å². The third-order valence-corrected chi connectivity index (χ3v) is 3.31. The summed E-state index contributed by atoms with van der Waals surface area (Å²) in [4.78, 5) is 15.7. The first kappa shape index (κ1) is 13.7. The summed E-state index contributed by atoms with van der Waals surface area (Å²) in [6.07, 6.45) is 1.02. The zero-order chi connectivity index (χ0) is 13.7. The van der Waals surface area contributed by atoms with Crippen molar-refractivity contribution in [1.82, 2.24) is 9.80 Å². The molecule has 0 bridgehead atoms. The normalized spacial score (nSPS) is 17.3. The van der Waals surface area contributed by atoms with Crippen LogP contribution >= 0.6 is 0 Å². The maximum absolute atomic E-state index is 11.7. The van der Waals surface area contributed by atoms with Gasteiger partial charge >= 0.3 is 0 Å². The van der Waals surface area contributed by atoms with Crippen LogP contribution in [0.5, 0.6) is 5.75 Å². The second-order valence-corrected chi connectivity index (χ2v) is 4.86. The molecule has 0 saturated carbocycles. The zero-order valence-electron chi connectivity index (χ0n) is 11.3. The van der Waals surface area contributed by atoms with Gasteiger partial charge in [0.2, 0.25) is 5.91 Å². The maximum atomic E-state index is 11.7. The number of amides is 1. The summed E-state index contributed by atoms with van der Waals surface area (Å²) < 4.78 is 5.64. The first-order valence-corrected chi connectivity index (χ1v) is 6.60. The summed E-state index contributed by atoms with van der Waals surface area (Å²) in [7, 11) is 1.86. The molecule has 1 heterocycles. The number of nitrogen functional groups attached to an aromatic ring is 1. The first-order valence-electron chi connectivity index (χ1n) is 6.60. The van der Waals surface area contributed by atoms with Crippen molar-refractivity contribution in [1.29, 1.82) is 0 Å². The van der Waals surface area contributed by atoms with Gasteiger partial charge in [-0.1, -0.05) is 0 Å². The smallest absolute Gasteiger partial charge is 0.236 e. The molecule has 0 atom stereocenters. The van der Waals surface area contributed by atoms with Crippen LogP contribution in [0.25, 0.3) is 0 Å². The van der Waals surface area contributed by atoms with Gasteiger partial charge in [0, 0.05) is 32.4 Å². The number of anilines is 1. The van der Waals surface area contributed by atoms with Crippen LogP contribution in [0.3, 0.4) is 0 Å². The van der Waals surface area contributed by atoms with Crippen LogP contribution in [0.2, 0.25) is 0 Å². The van der Waals surface area contributed by atoms with E-state index in [9.17, 15) is 4.79 Å². The van der Waals surface area contributed by atoms with E-state index in [1.165, 1.54) is 0 Å². The summed E-state index contributed by atoms with van der Waals surface area (Å²) >= 11 is 0. The van der Waals surface area contributed by atoms with Crippen LogP contribution in [0.15, 0.2) is 24.3 Å². The van der Waals surface area contributed by atoms with Gasteiger partial charge in [0.25, 0.3) is 0 Å². The van der Waals surface area contributed by atoms with E-state index in [-0.39, 0.29) is 5.91 Å². The number of rotatable bonds is 4. The molecule has 1 aromatic carbocycles. The van der Waals surface area contributed by atoms with Crippen LogP contribution in [-0.2, 0) is 4.79 Å². The fraction of sp³-hybridized carbons (Fsp3) is 0.500. The molecule has 104 valence electrons. The van der Waals surface area contributed by atoms with Gasteiger partial charge in [-0.3, -0.25) is 9.69 Å². The van der Waals surface area contributed by atoms with E-state index in [4.69, 9.17) is 10.5 Å². The number of likely N-dealkylation sites (N-methyl/N-ethyl adjacent to an activating group) is 1. The summed E-state index contributed by atoms with van der Waals surface area (Å²) in [6.45, 7) is 3.63. The van der Waals surface area contributed by atoms with E-state index in [1.54, 1.807) is 4.90 Å². The molecule has 2 rings (SSSR count). The molecule has 0 radical (unpaired) electrons. The van der Waals surface area contributed by atoms with Crippen molar-refractivity contribution >= 4 is 11.6 Å². The second kappa shape index (κ2) is 6.43. The molecule has 1 amide bonds. The quantitative estimate of drug-likeness (QED) is 0.817. The molecule has 19 heavy (non-hydrogen) atoms. The number of hydrogen-bond acceptors (Lipinski definition) is 4. The van der Waals surface area contributed by atoms with Crippen molar-refractivity contribution in [2.45, 2.75) is 6.42 Å². The van der Waals surface area contributed by atoms with Crippen LogP contribution in [-0.4, -0.2) is 55.5 Å². The van der Waals surface area contributed by atoms with Crippen LogP contribution < -0.4 is 10.5 Å². The number of hydrogen-bond donors (Lipinski definition) is 1. The van der Waals surface area contributed by atoms with Crippen LogP contribution in [0.1, 0.15) is 6.42 Å². The molecule has 0 spiro atoms. The van der Waals surface area contributed by atoms with Gasteiger partial charge in [0.05, 0.1) is 6.54 Å². The van der Waals surface area contributed by atoms with Crippen molar-refractivity contribution in [3.05, 3.63) is 24.3 Å². The molecule has 0 aromatic heterocycles. The molecular weight excluding hydrogens is 242 g/mol. The molecular formula is C14H21N3O2. The Labute approximate surface area is 113 Å². The average Bonchev–Trinajstić information content (AvgIpc) is 2.55. The van der Waals surface area contributed by atoms with Gasteiger partial charge in [-0.2, -0.15) is 0 Å². The Morgan fingerprint density at radius 3 is 2.74 bits per heavy atom. The number of carbonyl (C=O) groups excluding carboxylic acids is 1. The lowest BCUT2D eigenvalue weighted by molar-refractivity contribution is -0.129. The van der Waals surface area contributed by atoms with E-state index >= 15 is 0 Å². The third-order valence-electron chi connectivity index (χ3n) is 3.31. The molecule has 1 fully saturated rings. The van der Waals surface area contributed by atoms with Gasteiger partial charge < -0.3 is 15.4 Å². The van der Waals surface area contributed by atoms with E-state index in [2.05, 4.69) is 4.90 Å². The largest absolute Gasteiger partial charge is 0.492 e. The lowest BCUT2D eigenvalue weighted by Gasteiger charge is -2.19. The molecule has 1 saturated heterocycles. The Hall–Kier alpha value is -1.75. The molecule has 1 aliphatic rings. The highest BCUT2D eigenvalue weighted by Gasteiger charge is 2.18. The van der Waals surface area contributed by atoms with Gasteiger partial charge in [-0.15, -0.1) is 0 Å². The van der Waals surface area contributed by atoms with Crippen LogP contribution in [0.4, 0.5) is 5.69 Å². The Morgan fingerprint density at radius 1 is 1.26 bits per heavy atom. The fourth-order valence-corrected chi connectivity index (χ4v) is 2.09. The Balaban J connectivity index is 1.76. The number of nitrogens with zero attached hydrogens (tertiary/aromatic N) is 2. The molecule has 2 N–H and O–H groups in total. The second-order valence-electron chi connectivity index (χ2n) is 4.86. The fourth-order valence-electron chi connectivity index (χ4n) is 2.09. The number of benzene rings is 1. The highest BCUT2D eigenvalue weighted by atomic mass is 16.5. The zero-order valence-corrected chi connectivity index (χ0v) is 11.3. The first-order chi connectivity index (χ1) is 9.15. The van der Waals surface area contributed by atoms with Crippen molar-refractivity contribution in [2.75, 3.05) is 45.6 Å². The van der Waals surface area contributed by atoms with Crippen molar-refractivity contribution < 1.29 is 9.53 Å². The minimum Gasteiger partial charge on any atom is -0.492 e. The highest BCUT2D eigenvalue weighted by Crippen LogP contribution is 2.13. The number of carbonyl (C=O) groups is 1. The molecule has 1 aromatic rings. The van der Waals surface area contributed by atoms with Crippen LogP contribution in [0, 0.1) is 0 Å². The SMILES string of the molecule is CN1CCCN(CCOc2ccc(N)cc2)CC1=O.